The Morgan fingerprint density at radius 3 is 3.00 bits per heavy atom. The summed E-state index contributed by atoms with van der Waals surface area (Å²) < 4.78 is 23.9. The van der Waals surface area contributed by atoms with Gasteiger partial charge in [-0.3, -0.25) is 9.20 Å². The molecule has 3 atom stereocenters. The summed E-state index contributed by atoms with van der Waals surface area (Å²) in [7, 11) is 1.05. The Morgan fingerprint density at radius 1 is 1.38 bits per heavy atom. The van der Waals surface area contributed by atoms with E-state index in [4.69, 9.17) is 9.47 Å². The number of hydrogen-bond acceptors (Lipinski definition) is 4. The smallest absolute Gasteiger partial charge is 0.231 e. The SMILES string of the molecule is CCS(=O)C1CCCC(NC(=NC)NCc2cc(Br)c3c(c2)OCO3)C1. The summed E-state index contributed by atoms with van der Waals surface area (Å²) in [6.07, 6.45) is 4.21. The van der Waals surface area contributed by atoms with Crippen molar-refractivity contribution in [2.24, 2.45) is 4.99 Å². The normalized spacial score (nSPS) is 23.6. The van der Waals surface area contributed by atoms with Crippen LogP contribution in [0, 0.1) is 0 Å². The van der Waals surface area contributed by atoms with Crippen molar-refractivity contribution in [2.75, 3.05) is 19.6 Å². The van der Waals surface area contributed by atoms with Crippen molar-refractivity contribution in [3.8, 4) is 11.5 Å². The Balaban J connectivity index is 1.55. The van der Waals surface area contributed by atoms with E-state index in [0.717, 1.165) is 58.9 Å². The molecule has 1 saturated carbocycles. The number of rotatable bonds is 5. The van der Waals surface area contributed by atoms with Gasteiger partial charge in [-0.1, -0.05) is 13.3 Å². The Bertz CT molecular complexity index is 699. The molecule has 3 unspecified atom stereocenters. The van der Waals surface area contributed by atoms with Gasteiger partial charge in [-0.2, -0.15) is 0 Å². The predicted molar refractivity (Wildman–Crippen MR) is 108 cm³/mol. The van der Waals surface area contributed by atoms with Gasteiger partial charge in [-0.05, 0) is 52.9 Å². The molecule has 1 aliphatic heterocycles. The molecule has 0 bridgehead atoms. The summed E-state index contributed by atoms with van der Waals surface area (Å²) in [6, 6.07) is 4.32. The van der Waals surface area contributed by atoms with Crippen molar-refractivity contribution in [1.29, 1.82) is 0 Å². The number of fused-ring (bicyclic) bond motifs is 1. The topological polar surface area (TPSA) is 72.0 Å². The number of halogens is 1. The molecule has 6 nitrogen and oxygen atoms in total. The standard InChI is InChI=1S/C18H26BrN3O3S/c1-3-26(23)14-6-4-5-13(9-14)22-18(20-2)21-10-12-7-15(19)17-16(8-12)24-11-25-17/h7-8,13-14H,3-6,9-11H2,1-2H3,(H2,20,21,22). The first kappa shape index (κ1) is 19.5. The molecule has 0 amide bonds. The van der Waals surface area contributed by atoms with Gasteiger partial charge >= 0.3 is 0 Å². The van der Waals surface area contributed by atoms with E-state index in [0.29, 0.717) is 17.8 Å². The molecule has 8 heteroatoms. The van der Waals surface area contributed by atoms with E-state index in [9.17, 15) is 4.21 Å². The van der Waals surface area contributed by atoms with E-state index < -0.39 is 10.8 Å². The van der Waals surface area contributed by atoms with E-state index in [2.05, 4.69) is 31.6 Å². The summed E-state index contributed by atoms with van der Waals surface area (Å²) >= 11 is 3.52. The number of benzene rings is 1. The maximum absolute atomic E-state index is 12.1. The highest BCUT2D eigenvalue weighted by atomic mass is 79.9. The van der Waals surface area contributed by atoms with Gasteiger partial charge in [-0.15, -0.1) is 0 Å². The van der Waals surface area contributed by atoms with Crippen molar-refractivity contribution < 1.29 is 13.7 Å². The van der Waals surface area contributed by atoms with Crippen LogP contribution in [0.15, 0.2) is 21.6 Å². The molecule has 2 aliphatic rings. The average Bonchev–Trinajstić information content (AvgIpc) is 3.14. The third kappa shape index (κ3) is 4.71. The summed E-state index contributed by atoms with van der Waals surface area (Å²) in [5.41, 5.74) is 1.08. The van der Waals surface area contributed by atoms with Crippen molar-refractivity contribution in [3.05, 3.63) is 22.2 Å². The van der Waals surface area contributed by atoms with Gasteiger partial charge in [0.15, 0.2) is 17.5 Å². The molecule has 0 radical (unpaired) electrons. The minimum Gasteiger partial charge on any atom is -0.454 e. The summed E-state index contributed by atoms with van der Waals surface area (Å²) in [5.74, 6) is 3.03. The highest BCUT2D eigenvalue weighted by Crippen LogP contribution is 2.39. The van der Waals surface area contributed by atoms with E-state index in [1.54, 1.807) is 7.05 Å². The van der Waals surface area contributed by atoms with Gasteiger partial charge in [0.25, 0.3) is 0 Å². The Kier molecular flexibility index (Phi) is 6.80. The van der Waals surface area contributed by atoms with Crippen LogP contribution >= 0.6 is 15.9 Å². The quantitative estimate of drug-likeness (QED) is 0.540. The molecule has 1 aromatic carbocycles. The van der Waals surface area contributed by atoms with Crippen LogP contribution in [0.25, 0.3) is 0 Å². The number of hydrogen-bond donors (Lipinski definition) is 2. The molecule has 0 aromatic heterocycles. The largest absolute Gasteiger partial charge is 0.454 e. The van der Waals surface area contributed by atoms with Crippen molar-refractivity contribution in [1.82, 2.24) is 10.6 Å². The van der Waals surface area contributed by atoms with Crippen LogP contribution < -0.4 is 20.1 Å². The lowest BCUT2D eigenvalue weighted by Crippen LogP contribution is -2.46. The summed E-state index contributed by atoms with van der Waals surface area (Å²) in [4.78, 5) is 4.33. The molecule has 3 rings (SSSR count). The second-order valence-corrected chi connectivity index (χ2v) is 9.40. The minimum absolute atomic E-state index is 0.260. The summed E-state index contributed by atoms with van der Waals surface area (Å²) in [5, 5.41) is 7.14. The molecule has 26 heavy (non-hydrogen) atoms. The van der Waals surface area contributed by atoms with Crippen LogP contribution in [0.5, 0.6) is 11.5 Å². The fraction of sp³-hybridized carbons (Fsp3) is 0.611. The summed E-state index contributed by atoms with van der Waals surface area (Å²) in [6.45, 7) is 2.89. The second kappa shape index (κ2) is 9.08. The molecular formula is C18H26BrN3O3S. The molecule has 1 fully saturated rings. The Labute approximate surface area is 165 Å². The van der Waals surface area contributed by atoms with Crippen molar-refractivity contribution >= 4 is 32.7 Å². The monoisotopic (exact) mass is 443 g/mol. The molecule has 2 N–H and O–H groups in total. The average molecular weight is 444 g/mol. The number of nitrogens with one attached hydrogen (secondary N) is 2. The van der Waals surface area contributed by atoms with E-state index in [-0.39, 0.29) is 6.79 Å². The van der Waals surface area contributed by atoms with Crippen LogP contribution in [0.1, 0.15) is 38.2 Å². The second-order valence-electron chi connectivity index (χ2n) is 6.54. The van der Waals surface area contributed by atoms with Crippen LogP contribution in [0.4, 0.5) is 0 Å². The van der Waals surface area contributed by atoms with Crippen LogP contribution in [-0.4, -0.2) is 41.1 Å². The Morgan fingerprint density at radius 2 is 2.23 bits per heavy atom. The lowest BCUT2D eigenvalue weighted by atomic mass is 9.95. The molecule has 1 heterocycles. The van der Waals surface area contributed by atoms with Gasteiger partial charge < -0.3 is 20.1 Å². The zero-order chi connectivity index (χ0) is 18.5. The first-order valence-corrected chi connectivity index (χ1v) is 11.2. The van der Waals surface area contributed by atoms with Crippen LogP contribution in [0.3, 0.4) is 0 Å². The van der Waals surface area contributed by atoms with E-state index >= 15 is 0 Å². The molecular weight excluding hydrogens is 418 g/mol. The van der Waals surface area contributed by atoms with E-state index in [1.165, 1.54) is 0 Å². The maximum Gasteiger partial charge on any atom is 0.231 e. The number of guanidine groups is 1. The van der Waals surface area contributed by atoms with Crippen molar-refractivity contribution in [3.63, 3.8) is 0 Å². The number of aliphatic imine (C=N–C) groups is 1. The van der Waals surface area contributed by atoms with Gasteiger partial charge in [0.05, 0.1) is 4.47 Å². The maximum atomic E-state index is 12.1. The van der Waals surface area contributed by atoms with Gasteiger partial charge in [-0.25, -0.2) is 0 Å². The number of ether oxygens (including phenoxy) is 2. The fourth-order valence-corrected chi connectivity index (χ4v) is 5.40. The third-order valence-electron chi connectivity index (χ3n) is 4.79. The first-order valence-electron chi connectivity index (χ1n) is 9.03. The highest BCUT2D eigenvalue weighted by Gasteiger charge is 2.26. The minimum atomic E-state index is -0.718. The first-order chi connectivity index (χ1) is 12.6. The predicted octanol–water partition coefficient (Wildman–Crippen LogP) is 2.92. The lowest BCUT2D eigenvalue weighted by molar-refractivity contribution is 0.173. The molecule has 1 aliphatic carbocycles. The van der Waals surface area contributed by atoms with E-state index in [1.807, 2.05) is 19.1 Å². The lowest BCUT2D eigenvalue weighted by Gasteiger charge is -2.30. The molecule has 0 spiro atoms. The van der Waals surface area contributed by atoms with Gasteiger partial charge in [0.1, 0.15) is 0 Å². The fourth-order valence-electron chi connectivity index (χ4n) is 3.45. The van der Waals surface area contributed by atoms with Gasteiger partial charge in [0, 0.05) is 41.4 Å². The third-order valence-corrected chi connectivity index (χ3v) is 7.12. The highest BCUT2D eigenvalue weighted by molar-refractivity contribution is 9.10. The zero-order valence-corrected chi connectivity index (χ0v) is 17.6. The van der Waals surface area contributed by atoms with Crippen LogP contribution in [-0.2, 0) is 17.3 Å². The van der Waals surface area contributed by atoms with Gasteiger partial charge in [0.2, 0.25) is 6.79 Å². The van der Waals surface area contributed by atoms with Crippen molar-refractivity contribution in [2.45, 2.75) is 50.4 Å². The molecule has 1 aromatic rings. The number of nitrogens with zero attached hydrogens (tertiary/aromatic N) is 1. The molecule has 0 saturated heterocycles. The zero-order valence-electron chi connectivity index (χ0n) is 15.2. The molecule has 144 valence electrons. The Hall–Kier alpha value is -1.28. The van der Waals surface area contributed by atoms with Crippen LogP contribution in [0.2, 0.25) is 0 Å².